The molecule has 0 saturated carbocycles. The number of alkyl halides is 9. The molecule has 2 aliphatic heterocycles. The van der Waals surface area contributed by atoms with Gasteiger partial charge >= 0.3 is 34.1 Å². The number of aromatic nitrogens is 2. The Morgan fingerprint density at radius 3 is 2.17 bits per heavy atom. The zero-order chi connectivity index (χ0) is 38.9. The van der Waals surface area contributed by atoms with E-state index in [1.807, 2.05) is 4.90 Å². The Morgan fingerprint density at radius 1 is 0.962 bits per heavy atom. The van der Waals surface area contributed by atoms with Crippen molar-refractivity contribution in [1.82, 2.24) is 9.97 Å². The number of hydrogen-bond acceptors (Lipinski definition) is 10. The van der Waals surface area contributed by atoms with Gasteiger partial charge in [-0.05, 0) is 55.7 Å². The molecule has 0 spiro atoms. The summed E-state index contributed by atoms with van der Waals surface area (Å²) in [6, 6.07) is 2.95. The molecule has 1 N–H and O–H groups in total. The lowest BCUT2D eigenvalue weighted by molar-refractivity contribution is -0.143. The summed E-state index contributed by atoms with van der Waals surface area (Å²) < 4.78 is 160. The van der Waals surface area contributed by atoms with Gasteiger partial charge in [0.05, 0.1) is 60.3 Å². The third kappa shape index (κ3) is 8.99. The van der Waals surface area contributed by atoms with Crippen molar-refractivity contribution in [2.45, 2.75) is 63.1 Å². The number of amides is 1. The van der Waals surface area contributed by atoms with E-state index in [2.05, 4.69) is 19.5 Å². The molecule has 0 radical (unpaired) electrons. The molecule has 21 heteroatoms. The van der Waals surface area contributed by atoms with E-state index in [1.54, 1.807) is 13.8 Å². The van der Waals surface area contributed by atoms with Crippen LogP contribution in [0, 0.1) is 0 Å². The maximum absolute atomic E-state index is 13.8. The van der Waals surface area contributed by atoms with Gasteiger partial charge in [-0.3, -0.25) is 4.90 Å². The number of anilines is 3. The van der Waals surface area contributed by atoms with E-state index in [4.69, 9.17) is 9.47 Å². The van der Waals surface area contributed by atoms with E-state index < -0.39 is 69.6 Å². The maximum atomic E-state index is 13.8. The molecule has 1 saturated heterocycles. The van der Waals surface area contributed by atoms with Crippen LogP contribution in [0.1, 0.15) is 60.7 Å². The van der Waals surface area contributed by atoms with Gasteiger partial charge in [-0.2, -0.15) is 47.9 Å². The third-order valence-electron chi connectivity index (χ3n) is 8.44. The van der Waals surface area contributed by atoms with Gasteiger partial charge in [0, 0.05) is 37.2 Å². The van der Waals surface area contributed by atoms with Gasteiger partial charge < -0.3 is 23.9 Å². The zero-order valence-electron chi connectivity index (χ0n) is 27.9. The second-order valence-corrected chi connectivity index (χ2v) is 13.5. The molecule has 2 aromatic heterocycles. The van der Waals surface area contributed by atoms with E-state index in [-0.39, 0.29) is 47.4 Å². The molecule has 53 heavy (non-hydrogen) atoms. The Morgan fingerprint density at radius 2 is 1.60 bits per heavy atom. The molecule has 2 aliphatic rings. The molecule has 0 aliphatic carbocycles. The van der Waals surface area contributed by atoms with Crippen LogP contribution in [0.2, 0.25) is 0 Å². The summed E-state index contributed by atoms with van der Waals surface area (Å²) in [7, 11) is -6.17. The predicted molar refractivity (Wildman–Crippen MR) is 171 cm³/mol. The number of ether oxygens (including phenoxy) is 2. The van der Waals surface area contributed by atoms with Crippen LogP contribution >= 0.6 is 0 Å². The van der Waals surface area contributed by atoms with Crippen LogP contribution in [0.15, 0.2) is 42.6 Å². The second-order valence-electron chi connectivity index (χ2n) is 12.0. The Balaban J connectivity index is 1.62. The first-order valence-electron chi connectivity index (χ1n) is 16.1. The lowest BCUT2D eigenvalue weighted by Gasteiger charge is -2.39. The molecular formula is C32H32F9N5O6S. The van der Waals surface area contributed by atoms with Crippen molar-refractivity contribution in [3.05, 3.63) is 70.5 Å². The van der Waals surface area contributed by atoms with E-state index in [9.17, 15) is 52.7 Å². The zero-order valence-corrected chi connectivity index (χ0v) is 28.7. The summed E-state index contributed by atoms with van der Waals surface area (Å²) in [6.45, 7) is 4.71. The van der Waals surface area contributed by atoms with E-state index in [0.29, 0.717) is 50.5 Å². The molecule has 11 nitrogen and oxygen atoms in total. The van der Waals surface area contributed by atoms with Crippen molar-refractivity contribution in [1.29, 1.82) is 0 Å². The van der Waals surface area contributed by atoms with Crippen LogP contribution < -0.4 is 19.3 Å². The molecule has 1 aromatic carbocycles. The SMILES string of the molecule is CCOC(=O)N1c2ccc(OS(=O)(=O)C(F)(F)F)nc2[C@@H](Nc2ncc(N3CCOCC3)cc2Cc2cc(C(F)(F)F)cc(C(F)(F)F)c2)C[C@H]1CC. The number of hydrogen-bond donors (Lipinski definition) is 1. The summed E-state index contributed by atoms with van der Waals surface area (Å²) in [5.41, 5.74) is -8.76. The van der Waals surface area contributed by atoms with Crippen LogP contribution in [0.25, 0.3) is 0 Å². The molecule has 4 heterocycles. The first-order chi connectivity index (χ1) is 24.7. The summed E-state index contributed by atoms with van der Waals surface area (Å²) in [6.07, 6.45) is -9.86. The molecule has 1 fully saturated rings. The van der Waals surface area contributed by atoms with Crippen molar-refractivity contribution in [3.63, 3.8) is 0 Å². The predicted octanol–water partition coefficient (Wildman–Crippen LogP) is 7.47. The molecule has 0 unspecified atom stereocenters. The molecule has 0 bridgehead atoms. The second kappa shape index (κ2) is 15.1. The molecular weight excluding hydrogens is 753 g/mol. The minimum absolute atomic E-state index is 0.00846. The van der Waals surface area contributed by atoms with Gasteiger partial charge in [0.2, 0.25) is 5.88 Å². The summed E-state index contributed by atoms with van der Waals surface area (Å²) in [4.78, 5) is 24.6. The number of carbonyl (C=O) groups is 1. The lowest BCUT2D eigenvalue weighted by Crippen LogP contribution is -2.46. The summed E-state index contributed by atoms with van der Waals surface area (Å²) in [5, 5.41) is 3.05. The van der Waals surface area contributed by atoms with Crippen molar-refractivity contribution >= 4 is 33.4 Å². The average Bonchev–Trinajstić information content (AvgIpc) is 3.07. The minimum Gasteiger partial charge on any atom is -0.449 e. The van der Waals surface area contributed by atoms with Crippen LogP contribution in [-0.2, 0) is 38.4 Å². The summed E-state index contributed by atoms with van der Waals surface area (Å²) >= 11 is 0. The van der Waals surface area contributed by atoms with Crippen molar-refractivity contribution < 1.29 is 66.4 Å². The van der Waals surface area contributed by atoms with Gasteiger partial charge in [0.1, 0.15) is 5.82 Å². The van der Waals surface area contributed by atoms with Crippen molar-refractivity contribution in [2.75, 3.05) is 48.0 Å². The first-order valence-corrected chi connectivity index (χ1v) is 17.5. The Labute approximate surface area is 297 Å². The van der Waals surface area contributed by atoms with E-state index >= 15 is 0 Å². The van der Waals surface area contributed by atoms with Crippen LogP contribution in [0.4, 0.5) is 61.5 Å². The van der Waals surface area contributed by atoms with Crippen LogP contribution in [0.5, 0.6) is 5.88 Å². The highest BCUT2D eigenvalue weighted by Crippen LogP contribution is 2.42. The number of benzene rings is 1. The third-order valence-corrected chi connectivity index (χ3v) is 9.39. The first kappa shape index (κ1) is 39.7. The molecule has 3 aromatic rings. The van der Waals surface area contributed by atoms with Crippen molar-refractivity contribution in [3.8, 4) is 5.88 Å². The fourth-order valence-electron chi connectivity index (χ4n) is 5.98. The Hall–Kier alpha value is -4.53. The number of nitrogens with one attached hydrogen (secondary N) is 1. The van der Waals surface area contributed by atoms with Gasteiger partial charge in [-0.25, -0.2) is 14.8 Å². The quantitative estimate of drug-likeness (QED) is 0.133. The standard InChI is InChI=1S/C32H32F9N5O6S/c1-3-22-16-24(27-25(46(22)29(47)51-4-2)5-6-26(44-27)52-53(48,49)32(39,40)41)43-28-19(14-23(17-42-28)45-7-9-50-10-8-45)11-18-12-20(30(33,34)35)15-21(13-18)31(36,37)38/h5-6,12-15,17,22,24H,3-4,7-11,16H2,1-2H3,(H,42,43)/t22-,24+/m1/s1. The van der Waals surface area contributed by atoms with Gasteiger partial charge in [0.25, 0.3) is 0 Å². The molecule has 5 rings (SSSR count). The maximum Gasteiger partial charge on any atom is 0.534 e. The number of pyridine rings is 2. The number of fused-ring (bicyclic) bond motifs is 1. The lowest BCUT2D eigenvalue weighted by atomic mass is 9.93. The highest BCUT2D eigenvalue weighted by atomic mass is 32.2. The van der Waals surface area contributed by atoms with Crippen LogP contribution in [0.3, 0.4) is 0 Å². The fourth-order valence-corrected chi connectivity index (χ4v) is 6.39. The Bertz CT molecular complexity index is 1890. The monoisotopic (exact) mass is 785 g/mol. The molecule has 1 amide bonds. The molecule has 290 valence electrons. The van der Waals surface area contributed by atoms with Gasteiger partial charge in [0.15, 0.2) is 0 Å². The number of morpholine rings is 1. The number of rotatable bonds is 9. The molecule has 2 atom stereocenters. The number of nitrogens with zero attached hydrogens (tertiary/aromatic N) is 4. The Kier molecular flexibility index (Phi) is 11.3. The van der Waals surface area contributed by atoms with Gasteiger partial charge in [-0.1, -0.05) is 6.92 Å². The van der Waals surface area contributed by atoms with E-state index in [0.717, 1.165) is 12.1 Å². The number of carbonyl (C=O) groups excluding carboxylic acids is 1. The highest BCUT2D eigenvalue weighted by Gasteiger charge is 2.49. The van der Waals surface area contributed by atoms with Crippen LogP contribution in [-0.4, -0.2) is 68.9 Å². The highest BCUT2D eigenvalue weighted by molar-refractivity contribution is 7.87. The van der Waals surface area contributed by atoms with Crippen molar-refractivity contribution in [2.24, 2.45) is 0 Å². The average molecular weight is 786 g/mol. The smallest absolute Gasteiger partial charge is 0.449 e. The normalized spacial score (nSPS) is 18.4. The topological polar surface area (TPSA) is 123 Å². The van der Waals surface area contributed by atoms with Gasteiger partial charge in [-0.15, -0.1) is 0 Å². The minimum atomic E-state index is -6.17. The number of halogens is 9. The van der Waals surface area contributed by atoms with E-state index in [1.165, 1.54) is 17.2 Å². The fraction of sp³-hybridized carbons (Fsp3) is 0.469. The largest absolute Gasteiger partial charge is 0.534 e. The summed E-state index contributed by atoms with van der Waals surface area (Å²) in [5.74, 6) is -1.04.